The number of hydrogen-bond donors (Lipinski definition) is 2. The van der Waals surface area contributed by atoms with Gasteiger partial charge in [0.15, 0.2) is 0 Å². The van der Waals surface area contributed by atoms with E-state index in [1.165, 1.54) is 0 Å². The van der Waals surface area contributed by atoms with Crippen molar-refractivity contribution in [1.82, 2.24) is 5.48 Å². The van der Waals surface area contributed by atoms with E-state index in [-0.39, 0.29) is 11.8 Å². The second-order valence-corrected chi connectivity index (χ2v) is 6.13. The van der Waals surface area contributed by atoms with Crippen molar-refractivity contribution in [3.8, 4) is 0 Å². The van der Waals surface area contributed by atoms with E-state index in [9.17, 15) is 4.79 Å². The van der Waals surface area contributed by atoms with Crippen LogP contribution in [0.5, 0.6) is 0 Å². The Kier molecular flexibility index (Phi) is 6.89. The first-order valence-corrected chi connectivity index (χ1v) is 7.54. The van der Waals surface area contributed by atoms with Gasteiger partial charge in [0, 0.05) is 14.9 Å². The average molecular weight is 379 g/mol. The summed E-state index contributed by atoms with van der Waals surface area (Å²) in [6, 6.07) is 5.94. The maximum Gasteiger partial charge on any atom is 0.246 e. The van der Waals surface area contributed by atoms with Crippen LogP contribution in [0.25, 0.3) is 0 Å². The summed E-state index contributed by atoms with van der Waals surface area (Å²) in [7, 11) is 0. The Balaban J connectivity index is 2.78. The van der Waals surface area contributed by atoms with Crippen molar-refractivity contribution in [2.24, 2.45) is 5.92 Å². The van der Waals surface area contributed by atoms with Gasteiger partial charge in [0.25, 0.3) is 0 Å². The largest absolute Gasteiger partial charge is 0.289 e. The Morgan fingerprint density at radius 3 is 2.44 bits per heavy atom. The minimum Gasteiger partial charge on any atom is -0.289 e. The van der Waals surface area contributed by atoms with Crippen molar-refractivity contribution in [1.29, 1.82) is 0 Å². The van der Waals surface area contributed by atoms with Crippen LogP contribution in [-0.4, -0.2) is 11.1 Å². The van der Waals surface area contributed by atoms with Gasteiger partial charge in [-0.25, -0.2) is 5.48 Å². The van der Waals surface area contributed by atoms with Gasteiger partial charge in [-0.1, -0.05) is 51.6 Å². The Hall–Kier alpha value is -0.390. The number of unbranched alkanes of at least 4 members (excludes halogenated alkanes) is 1. The number of carbonyl (C=O) groups is 1. The van der Waals surface area contributed by atoms with Crippen LogP contribution in [0, 0.1) is 5.92 Å². The number of rotatable bonds is 6. The lowest BCUT2D eigenvalue weighted by Gasteiger charge is -2.15. The molecule has 100 valence electrons. The molecule has 1 aromatic rings. The summed E-state index contributed by atoms with van der Waals surface area (Å²) in [6.07, 6.45) is 3.43. The Bertz CT molecular complexity index is 390. The van der Waals surface area contributed by atoms with Gasteiger partial charge in [0.05, 0.1) is 0 Å². The number of carbonyl (C=O) groups excluding carboxylic acids is 1. The van der Waals surface area contributed by atoms with Crippen LogP contribution in [-0.2, 0) is 11.2 Å². The molecule has 5 heteroatoms. The van der Waals surface area contributed by atoms with E-state index in [1.807, 2.05) is 18.2 Å². The molecule has 0 bridgehead atoms. The zero-order valence-corrected chi connectivity index (χ0v) is 13.4. The number of hydrogen-bond acceptors (Lipinski definition) is 2. The summed E-state index contributed by atoms with van der Waals surface area (Å²) in [4.78, 5) is 11.6. The topological polar surface area (TPSA) is 49.3 Å². The Morgan fingerprint density at radius 2 is 1.94 bits per heavy atom. The lowest BCUT2D eigenvalue weighted by molar-refractivity contribution is -0.133. The third-order valence-electron chi connectivity index (χ3n) is 2.79. The molecular formula is C13H17Br2NO2. The molecule has 0 aliphatic carbocycles. The van der Waals surface area contributed by atoms with E-state index in [2.05, 4.69) is 38.8 Å². The van der Waals surface area contributed by atoms with Gasteiger partial charge in [0.1, 0.15) is 0 Å². The molecule has 1 atom stereocenters. The van der Waals surface area contributed by atoms with Crippen LogP contribution in [0.15, 0.2) is 27.1 Å². The normalized spacial score (nSPS) is 12.2. The van der Waals surface area contributed by atoms with Gasteiger partial charge in [0.2, 0.25) is 5.91 Å². The molecule has 1 rings (SSSR count). The molecule has 2 N–H and O–H groups in total. The summed E-state index contributed by atoms with van der Waals surface area (Å²) in [6.45, 7) is 2.09. The molecule has 0 aliphatic rings. The molecule has 0 aromatic heterocycles. The van der Waals surface area contributed by atoms with E-state index >= 15 is 0 Å². The number of nitrogens with one attached hydrogen (secondary N) is 1. The van der Waals surface area contributed by atoms with Crippen LogP contribution >= 0.6 is 31.9 Å². The molecule has 18 heavy (non-hydrogen) atoms. The molecule has 1 aromatic carbocycles. The van der Waals surface area contributed by atoms with Crippen LogP contribution in [0.3, 0.4) is 0 Å². The fraction of sp³-hybridized carbons (Fsp3) is 0.462. The Labute approximate surface area is 124 Å². The molecule has 1 amide bonds. The minimum atomic E-state index is -0.306. The molecule has 0 saturated carbocycles. The zero-order valence-electron chi connectivity index (χ0n) is 10.2. The standard InChI is InChI=1S/C13H17Br2NO2/c1-2-3-4-10(13(17)16-18)5-9-6-11(14)8-12(15)7-9/h6-8,10,18H,2-5H2,1H3,(H,16,17). The van der Waals surface area contributed by atoms with E-state index in [0.29, 0.717) is 6.42 Å². The highest BCUT2D eigenvalue weighted by Gasteiger charge is 2.18. The van der Waals surface area contributed by atoms with Gasteiger partial charge >= 0.3 is 0 Å². The predicted molar refractivity (Wildman–Crippen MR) is 78.5 cm³/mol. The van der Waals surface area contributed by atoms with Crippen LogP contribution in [0.4, 0.5) is 0 Å². The van der Waals surface area contributed by atoms with Crippen LogP contribution in [0.2, 0.25) is 0 Å². The second-order valence-electron chi connectivity index (χ2n) is 4.30. The third kappa shape index (κ3) is 5.08. The molecule has 0 spiro atoms. The number of hydroxylamine groups is 1. The van der Waals surface area contributed by atoms with Crippen molar-refractivity contribution >= 4 is 37.8 Å². The molecule has 0 saturated heterocycles. The minimum absolute atomic E-state index is 0.184. The lowest BCUT2D eigenvalue weighted by Crippen LogP contribution is -2.29. The van der Waals surface area contributed by atoms with Crippen molar-refractivity contribution in [3.63, 3.8) is 0 Å². The summed E-state index contributed by atoms with van der Waals surface area (Å²) in [5.41, 5.74) is 2.83. The van der Waals surface area contributed by atoms with Crippen molar-refractivity contribution in [3.05, 3.63) is 32.7 Å². The number of halogens is 2. The maximum absolute atomic E-state index is 11.6. The second kappa shape index (κ2) is 7.92. The highest BCUT2D eigenvalue weighted by molar-refractivity contribution is 9.11. The van der Waals surface area contributed by atoms with Gasteiger partial charge in [-0.2, -0.15) is 0 Å². The molecule has 1 unspecified atom stereocenters. The highest BCUT2D eigenvalue weighted by Crippen LogP contribution is 2.23. The van der Waals surface area contributed by atoms with E-state index in [4.69, 9.17) is 5.21 Å². The molecule has 3 nitrogen and oxygen atoms in total. The van der Waals surface area contributed by atoms with Gasteiger partial charge in [-0.15, -0.1) is 0 Å². The van der Waals surface area contributed by atoms with Crippen molar-refractivity contribution in [2.45, 2.75) is 32.6 Å². The average Bonchev–Trinajstić information content (AvgIpc) is 2.32. The van der Waals surface area contributed by atoms with Gasteiger partial charge in [-0.3, -0.25) is 10.0 Å². The molecule has 0 fully saturated rings. The van der Waals surface area contributed by atoms with E-state index < -0.39 is 0 Å². The smallest absolute Gasteiger partial charge is 0.246 e. The zero-order chi connectivity index (χ0) is 13.5. The lowest BCUT2D eigenvalue weighted by atomic mass is 9.93. The first-order chi connectivity index (χ1) is 8.56. The van der Waals surface area contributed by atoms with Crippen LogP contribution in [0.1, 0.15) is 31.7 Å². The summed E-state index contributed by atoms with van der Waals surface area (Å²) in [5, 5.41) is 8.77. The van der Waals surface area contributed by atoms with Gasteiger partial charge < -0.3 is 0 Å². The first kappa shape index (κ1) is 15.7. The maximum atomic E-state index is 11.6. The summed E-state index contributed by atoms with van der Waals surface area (Å²) >= 11 is 6.86. The fourth-order valence-corrected chi connectivity index (χ4v) is 3.27. The highest BCUT2D eigenvalue weighted by atomic mass is 79.9. The Morgan fingerprint density at radius 1 is 1.33 bits per heavy atom. The predicted octanol–water partition coefficient (Wildman–Crippen LogP) is 4.07. The van der Waals surface area contributed by atoms with Crippen LogP contribution < -0.4 is 5.48 Å². The molecular weight excluding hydrogens is 362 g/mol. The molecule has 0 heterocycles. The monoisotopic (exact) mass is 377 g/mol. The van der Waals surface area contributed by atoms with Gasteiger partial charge in [-0.05, 0) is 36.6 Å². The fourth-order valence-electron chi connectivity index (χ4n) is 1.88. The number of benzene rings is 1. The SMILES string of the molecule is CCCCC(Cc1cc(Br)cc(Br)c1)C(=O)NO. The van der Waals surface area contributed by atoms with E-state index in [0.717, 1.165) is 33.8 Å². The molecule has 0 aliphatic heterocycles. The first-order valence-electron chi connectivity index (χ1n) is 5.95. The number of amides is 1. The van der Waals surface area contributed by atoms with E-state index in [1.54, 1.807) is 5.48 Å². The third-order valence-corrected chi connectivity index (χ3v) is 3.71. The molecule has 0 radical (unpaired) electrons. The summed E-state index contributed by atoms with van der Waals surface area (Å²) in [5.74, 6) is -0.490. The van der Waals surface area contributed by atoms with Crippen molar-refractivity contribution < 1.29 is 10.0 Å². The quantitative estimate of drug-likeness (QED) is 0.579. The van der Waals surface area contributed by atoms with Crippen molar-refractivity contribution in [2.75, 3.05) is 0 Å². The summed E-state index contributed by atoms with van der Waals surface area (Å²) < 4.78 is 1.95.